The normalized spacial score (nSPS) is 25.1. The molecule has 0 bridgehead atoms. The largest absolute Gasteiger partial charge is 0.356 e. The molecular formula is C23H27N5O2. The summed E-state index contributed by atoms with van der Waals surface area (Å²) < 4.78 is 0. The molecule has 5 rings (SSSR count). The Morgan fingerprint density at radius 3 is 2.40 bits per heavy atom. The predicted octanol–water partition coefficient (Wildman–Crippen LogP) is 1.65. The number of aromatic nitrogens is 2. The Bertz CT molecular complexity index is 927. The Hall–Kier alpha value is -2.96. The molecule has 2 amide bonds. The van der Waals surface area contributed by atoms with E-state index in [-0.39, 0.29) is 17.2 Å². The minimum Gasteiger partial charge on any atom is -0.356 e. The van der Waals surface area contributed by atoms with Crippen LogP contribution >= 0.6 is 0 Å². The van der Waals surface area contributed by atoms with Gasteiger partial charge in [0.2, 0.25) is 17.8 Å². The highest BCUT2D eigenvalue weighted by molar-refractivity contribution is 5.87. The van der Waals surface area contributed by atoms with Gasteiger partial charge in [0, 0.05) is 50.5 Å². The smallest absolute Gasteiger partial charge is 0.228 e. The standard InChI is InChI=1S/C23H27N5O2/c29-19(15-18-5-2-1-3-6-18)27-13-8-22(9-14-27)16-28(21-25-10-4-11-26-21)17-23(22)7-12-24-20(23)30/h1-6,10-11H,7-9,12-17H2,(H,24,30)/t23-/m0/s1. The second kappa shape index (κ2) is 7.38. The zero-order chi connectivity index (χ0) is 20.6. The lowest BCUT2D eigenvalue weighted by Gasteiger charge is -2.46. The molecule has 2 aromatic rings. The number of nitrogens with one attached hydrogen (secondary N) is 1. The van der Waals surface area contributed by atoms with Crippen LogP contribution in [0.4, 0.5) is 5.95 Å². The number of nitrogens with zero attached hydrogens (tertiary/aromatic N) is 4. The van der Waals surface area contributed by atoms with Crippen LogP contribution in [-0.2, 0) is 16.0 Å². The van der Waals surface area contributed by atoms with Crippen molar-refractivity contribution in [2.75, 3.05) is 37.6 Å². The number of anilines is 1. The van der Waals surface area contributed by atoms with Gasteiger partial charge in [-0.05, 0) is 30.9 Å². The van der Waals surface area contributed by atoms with E-state index in [1.165, 1.54) is 0 Å². The Labute approximate surface area is 176 Å². The predicted molar refractivity (Wildman–Crippen MR) is 113 cm³/mol. The molecule has 0 radical (unpaired) electrons. The van der Waals surface area contributed by atoms with Gasteiger partial charge in [-0.15, -0.1) is 0 Å². The maximum atomic E-state index is 13.0. The maximum absolute atomic E-state index is 13.0. The highest BCUT2D eigenvalue weighted by Gasteiger charge is 2.64. The van der Waals surface area contributed by atoms with Crippen molar-refractivity contribution in [1.29, 1.82) is 0 Å². The molecule has 7 heteroatoms. The van der Waals surface area contributed by atoms with Gasteiger partial charge < -0.3 is 15.1 Å². The minimum atomic E-state index is -0.416. The zero-order valence-electron chi connectivity index (χ0n) is 17.1. The van der Waals surface area contributed by atoms with E-state index < -0.39 is 5.41 Å². The zero-order valence-corrected chi connectivity index (χ0v) is 17.1. The van der Waals surface area contributed by atoms with Gasteiger partial charge >= 0.3 is 0 Å². The minimum absolute atomic E-state index is 0.143. The van der Waals surface area contributed by atoms with Crippen LogP contribution in [-0.4, -0.2) is 59.4 Å². The van der Waals surface area contributed by atoms with Gasteiger partial charge in [-0.2, -0.15) is 0 Å². The van der Waals surface area contributed by atoms with E-state index >= 15 is 0 Å². The van der Waals surface area contributed by atoms with E-state index in [0.29, 0.717) is 32.0 Å². The van der Waals surface area contributed by atoms with Crippen molar-refractivity contribution in [3.8, 4) is 0 Å². The molecule has 4 heterocycles. The first kappa shape index (κ1) is 19.0. The van der Waals surface area contributed by atoms with Gasteiger partial charge in [0.1, 0.15) is 0 Å². The summed E-state index contributed by atoms with van der Waals surface area (Å²) in [5.74, 6) is 1.02. The van der Waals surface area contributed by atoms with E-state index in [1.54, 1.807) is 12.4 Å². The fourth-order valence-corrected chi connectivity index (χ4v) is 5.69. The highest BCUT2D eigenvalue weighted by Crippen LogP contribution is 2.56. The SMILES string of the molecule is O=C(Cc1ccccc1)N1CCC2(CC1)CN(c1ncccn1)C[C@]21CCNC1=O. The van der Waals surface area contributed by atoms with Gasteiger partial charge in [-0.1, -0.05) is 30.3 Å². The molecule has 3 saturated heterocycles. The Morgan fingerprint density at radius 1 is 1.00 bits per heavy atom. The second-order valence-corrected chi connectivity index (χ2v) is 8.82. The lowest BCUT2D eigenvalue weighted by atomic mass is 9.60. The van der Waals surface area contributed by atoms with Gasteiger partial charge in [0.05, 0.1) is 11.8 Å². The molecule has 156 valence electrons. The Kier molecular flexibility index (Phi) is 4.68. The van der Waals surface area contributed by atoms with E-state index in [0.717, 1.165) is 37.9 Å². The van der Waals surface area contributed by atoms with Gasteiger partial charge in [-0.25, -0.2) is 9.97 Å². The van der Waals surface area contributed by atoms with Crippen molar-refractivity contribution in [2.45, 2.75) is 25.7 Å². The maximum Gasteiger partial charge on any atom is 0.228 e. The van der Waals surface area contributed by atoms with Crippen molar-refractivity contribution in [3.05, 3.63) is 54.4 Å². The fraction of sp³-hybridized carbons (Fsp3) is 0.478. The molecule has 3 fully saturated rings. The molecule has 7 nitrogen and oxygen atoms in total. The average Bonchev–Trinajstić information content (AvgIpc) is 3.31. The Balaban J connectivity index is 1.34. The first-order chi connectivity index (χ1) is 14.6. The number of benzene rings is 1. The molecule has 0 saturated carbocycles. The average molecular weight is 406 g/mol. The van der Waals surface area contributed by atoms with Gasteiger partial charge in [0.25, 0.3) is 0 Å². The molecule has 30 heavy (non-hydrogen) atoms. The summed E-state index contributed by atoms with van der Waals surface area (Å²) in [5.41, 5.74) is 0.486. The van der Waals surface area contributed by atoms with Crippen LogP contribution in [0.5, 0.6) is 0 Å². The summed E-state index contributed by atoms with van der Waals surface area (Å²) in [6.45, 7) is 3.54. The molecule has 1 aromatic carbocycles. The number of hydrogen-bond acceptors (Lipinski definition) is 5. The molecule has 1 aromatic heterocycles. The van der Waals surface area contributed by atoms with E-state index in [4.69, 9.17) is 0 Å². The van der Waals surface area contributed by atoms with Crippen LogP contribution in [0.1, 0.15) is 24.8 Å². The number of carbonyl (C=O) groups is 2. The van der Waals surface area contributed by atoms with Gasteiger partial charge in [0.15, 0.2) is 0 Å². The van der Waals surface area contributed by atoms with Crippen LogP contribution in [0.3, 0.4) is 0 Å². The third kappa shape index (κ3) is 3.04. The van der Waals surface area contributed by atoms with Crippen LogP contribution in [0.2, 0.25) is 0 Å². The van der Waals surface area contributed by atoms with Crippen LogP contribution in [0.15, 0.2) is 48.8 Å². The lowest BCUT2D eigenvalue weighted by molar-refractivity contribution is -0.138. The number of hydrogen-bond donors (Lipinski definition) is 1. The number of piperidine rings is 1. The highest BCUT2D eigenvalue weighted by atomic mass is 16.2. The summed E-state index contributed by atoms with van der Waals surface area (Å²) in [6.07, 6.45) is 6.45. The molecule has 0 unspecified atom stereocenters. The number of rotatable bonds is 3. The van der Waals surface area contributed by atoms with Crippen LogP contribution in [0, 0.1) is 10.8 Å². The molecule has 3 aliphatic rings. The monoisotopic (exact) mass is 405 g/mol. The van der Waals surface area contributed by atoms with Crippen molar-refractivity contribution in [2.24, 2.45) is 10.8 Å². The fourth-order valence-electron chi connectivity index (χ4n) is 5.69. The first-order valence-corrected chi connectivity index (χ1v) is 10.7. The van der Waals surface area contributed by atoms with Gasteiger partial charge in [-0.3, -0.25) is 9.59 Å². The molecule has 2 spiro atoms. The molecular weight excluding hydrogens is 378 g/mol. The molecule has 1 atom stereocenters. The number of likely N-dealkylation sites (tertiary alicyclic amines) is 1. The summed E-state index contributed by atoms with van der Waals surface area (Å²) >= 11 is 0. The summed E-state index contributed by atoms with van der Waals surface area (Å²) in [7, 11) is 0. The number of carbonyl (C=O) groups excluding carboxylic acids is 2. The summed E-state index contributed by atoms with van der Waals surface area (Å²) in [5, 5.41) is 3.08. The molecule has 3 aliphatic heterocycles. The van der Waals surface area contributed by atoms with E-state index in [9.17, 15) is 9.59 Å². The third-order valence-electron chi connectivity index (χ3n) is 7.35. The summed E-state index contributed by atoms with van der Waals surface area (Å²) in [6, 6.07) is 11.7. The third-order valence-corrected chi connectivity index (χ3v) is 7.35. The summed E-state index contributed by atoms with van der Waals surface area (Å²) in [4.78, 5) is 38.9. The Morgan fingerprint density at radius 2 is 1.73 bits per heavy atom. The number of amides is 2. The molecule has 1 N–H and O–H groups in total. The first-order valence-electron chi connectivity index (χ1n) is 10.7. The second-order valence-electron chi connectivity index (χ2n) is 8.82. The topological polar surface area (TPSA) is 78.4 Å². The van der Waals surface area contributed by atoms with Crippen LogP contribution < -0.4 is 10.2 Å². The lowest BCUT2D eigenvalue weighted by Crippen LogP contribution is -2.53. The van der Waals surface area contributed by atoms with Crippen molar-refractivity contribution in [3.63, 3.8) is 0 Å². The number of fused-ring (bicyclic) bond motifs is 1. The quantitative estimate of drug-likeness (QED) is 0.840. The van der Waals surface area contributed by atoms with Crippen LogP contribution in [0.25, 0.3) is 0 Å². The van der Waals surface area contributed by atoms with Crippen molar-refractivity contribution in [1.82, 2.24) is 20.2 Å². The molecule has 0 aliphatic carbocycles. The van der Waals surface area contributed by atoms with Crippen molar-refractivity contribution < 1.29 is 9.59 Å². The van der Waals surface area contributed by atoms with E-state index in [1.807, 2.05) is 41.3 Å². The van der Waals surface area contributed by atoms with Crippen molar-refractivity contribution >= 4 is 17.8 Å². The van der Waals surface area contributed by atoms with E-state index in [2.05, 4.69) is 20.2 Å².